The van der Waals surface area contributed by atoms with Crippen LogP contribution >= 0.6 is 0 Å². The maximum atomic E-state index is 2.81. The van der Waals surface area contributed by atoms with Gasteiger partial charge in [0.15, 0.2) is 0 Å². The molecule has 8 heteroatoms. The van der Waals surface area contributed by atoms with Crippen molar-refractivity contribution in [3.8, 4) is 0 Å². The van der Waals surface area contributed by atoms with E-state index in [4.69, 9.17) is 0 Å². The van der Waals surface area contributed by atoms with Crippen LogP contribution in [0.5, 0.6) is 0 Å². The van der Waals surface area contributed by atoms with E-state index < -0.39 is 70.7 Å². The van der Waals surface area contributed by atoms with Gasteiger partial charge in [-0.2, -0.15) is 0 Å². The summed E-state index contributed by atoms with van der Waals surface area (Å²) in [7, 11) is -4.04. The van der Waals surface area contributed by atoms with Gasteiger partial charge in [0.25, 0.3) is 0 Å². The minimum atomic E-state index is -1.01. The first-order valence-electron chi connectivity index (χ1n) is 16.0. The fourth-order valence-corrected chi connectivity index (χ4v) is 139. The molecule has 0 fully saturated rings. The Kier molecular flexibility index (Phi) is 16.7. The van der Waals surface area contributed by atoms with Crippen molar-refractivity contribution in [1.82, 2.24) is 0 Å². The Morgan fingerprint density at radius 3 is 0.682 bits per heavy atom. The molecule has 0 bridgehead atoms. The summed E-state index contributed by atoms with van der Waals surface area (Å²) in [6.45, 7) is 32.7. The Morgan fingerprint density at radius 1 is 0.341 bits per heavy atom. The average Bonchev–Trinajstić information content (AvgIpc) is 2.99. The zero-order valence-electron chi connectivity index (χ0n) is 29.7. The first kappa shape index (κ1) is 40.0. The summed E-state index contributed by atoms with van der Waals surface area (Å²) in [6, 6.07) is 43.3. The van der Waals surface area contributed by atoms with Crippen LogP contribution < -0.4 is 14.3 Å². The summed E-state index contributed by atoms with van der Waals surface area (Å²) in [5.41, 5.74) is 0. The first-order chi connectivity index (χ1) is 20.5. The third-order valence-electron chi connectivity index (χ3n) is 11.1. The molecule has 4 radical (unpaired) electrons. The van der Waals surface area contributed by atoms with Gasteiger partial charge in [0.2, 0.25) is 0 Å². The number of hydrogen-bond donors (Lipinski definition) is 0. The first-order valence-corrected chi connectivity index (χ1v) is 44.6. The van der Waals surface area contributed by atoms with E-state index in [0.717, 1.165) is 0 Å². The van der Waals surface area contributed by atoms with Gasteiger partial charge in [0.1, 0.15) is 0 Å². The molecule has 0 saturated carbocycles. The standard InChI is InChI=1S/C12H36Si6.4C6H5.2Sn.2H/c1-13(2)15(5,6)17(9,10)18(11,12)16(7,8)14(3)4;4*1-2-4-6-5-3-1;;;;/h1-12H3;4*1-5H;;;;. The maximum absolute atomic E-state index is 2.81. The molecular weight excluding hydrogens is 838 g/mol. The summed E-state index contributed by atoms with van der Waals surface area (Å²) < 4.78 is 6.24. The van der Waals surface area contributed by atoms with Crippen LogP contribution in [0.2, 0.25) is 78.6 Å². The fraction of sp³-hybridized carbons (Fsp3) is 0.333. The Labute approximate surface area is 298 Å². The summed E-state index contributed by atoms with van der Waals surface area (Å²) in [4.78, 5) is 0. The molecule has 4 rings (SSSR count). The summed E-state index contributed by atoms with van der Waals surface area (Å²) in [5, 5.41) is 0. The zero-order chi connectivity index (χ0) is 33.0. The monoisotopic (exact) mass is 898 g/mol. The number of hydrogen-bond acceptors (Lipinski definition) is 0. The predicted octanol–water partition coefficient (Wildman–Crippen LogP) is 6.87. The quantitative estimate of drug-likeness (QED) is 0.161. The zero-order valence-corrected chi connectivity index (χ0v) is 42.3. The SMILES string of the molecule is C[Si](C)[Si](C)(C)[Si](C)(C)[Si](C)(C)[Si](C)(C)[Si](C)C.c1cc[c]([SnH][c]2ccccc2)cc1.c1cc[c]([SnH][c]2ccccc2)cc1. The molecule has 0 unspecified atom stereocenters. The van der Waals surface area contributed by atoms with Crippen molar-refractivity contribution < 1.29 is 0 Å². The van der Waals surface area contributed by atoms with Crippen molar-refractivity contribution in [3.05, 3.63) is 121 Å². The van der Waals surface area contributed by atoms with Gasteiger partial charge in [-0.15, -0.1) is 0 Å². The molecule has 4 aromatic carbocycles. The van der Waals surface area contributed by atoms with Crippen LogP contribution in [0.3, 0.4) is 0 Å². The van der Waals surface area contributed by atoms with Crippen LogP contribution in [0.15, 0.2) is 121 Å². The van der Waals surface area contributed by atoms with Crippen molar-refractivity contribution in [3.63, 3.8) is 0 Å². The van der Waals surface area contributed by atoms with E-state index in [1.807, 2.05) is 0 Å². The van der Waals surface area contributed by atoms with Gasteiger partial charge in [-0.1, -0.05) is 78.6 Å². The van der Waals surface area contributed by atoms with Gasteiger partial charge < -0.3 is 0 Å². The van der Waals surface area contributed by atoms with Crippen molar-refractivity contribution in [1.29, 1.82) is 0 Å². The van der Waals surface area contributed by atoms with Gasteiger partial charge >= 0.3 is 178 Å². The van der Waals surface area contributed by atoms with Crippen LogP contribution in [0, 0.1) is 0 Å². The Bertz CT molecular complexity index is 1160. The summed E-state index contributed by atoms with van der Waals surface area (Å²) in [5.74, 6) is 0. The van der Waals surface area contributed by atoms with Crippen LogP contribution in [-0.4, -0.2) is 87.3 Å². The van der Waals surface area contributed by atoms with Gasteiger partial charge in [-0.3, -0.25) is 0 Å². The molecule has 0 aliphatic carbocycles. The molecule has 0 aliphatic heterocycles. The molecular formula is C36H58Si6Sn2. The minimum absolute atomic E-state index is 0.0662. The van der Waals surface area contributed by atoms with Crippen molar-refractivity contribution >= 4 is 102 Å². The van der Waals surface area contributed by atoms with Crippen molar-refractivity contribution in [2.75, 3.05) is 0 Å². The molecule has 0 atom stereocenters. The summed E-state index contributed by atoms with van der Waals surface area (Å²) in [6.07, 6.45) is 0. The average molecular weight is 897 g/mol. The van der Waals surface area contributed by atoms with Gasteiger partial charge in [0.05, 0.1) is 0 Å². The summed E-state index contributed by atoms with van der Waals surface area (Å²) >= 11 is -1.40. The molecule has 0 saturated heterocycles. The van der Waals surface area contributed by atoms with Crippen LogP contribution in [0.1, 0.15) is 0 Å². The fourth-order valence-electron chi connectivity index (χ4n) is 5.39. The molecule has 0 amide bonds. The van der Waals surface area contributed by atoms with Gasteiger partial charge in [-0.05, 0) is 0 Å². The van der Waals surface area contributed by atoms with E-state index in [2.05, 4.69) is 200 Å². The van der Waals surface area contributed by atoms with E-state index in [1.165, 1.54) is 0 Å². The van der Waals surface area contributed by atoms with Crippen LogP contribution in [-0.2, 0) is 0 Å². The molecule has 0 aromatic heterocycles. The van der Waals surface area contributed by atoms with E-state index in [9.17, 15) is 0 Å². The molecule has 0 spiro atoms. The molecule has 44 heavy (non-hydrogen) atoms. The molecule has 0 nitrogen and oxygen atoms in total. The van der Waals surface area contributed by atoms with E-state index in [1.54, 1.807) is 14.3 Å². The Balaban J connectivity index is 0.000000234. The molecule has 234 valence electrons. The predicted molar refractivity (Wildman–Crippen MR) is 223 cm³/mol. The second-order valence-corrected chi connectivity index (χ2v) is 82.7. The van der Waals surface area contributed by atoms with Gasteiger partial charge in [0, 0.05) is 45.1 Å². The Morgan fingerprint density at radius 2 is 0.523 bits per heavy atom. The van der Waals surface area contributed by atoms with Crippen LogP contribution in [0.4, 0.5) is 0 Å². The second kappa shape index (κ2) is 18.4. The third-order valence-corrected chi connectivity index (χ3v) is 126. The molecule has 0 aliphatic rings. The van der Waals surface area contributed by atoms with E-state index in [0.29, 0.717) is 0 Å². The Hall–Kier alpha value is -0.221. The third kappa shape index (κ3) is 11.2. The number of benzene rings is 4. The second-order valence-electron chi connectivity index (χ2n) is 14.4. The van der Waals surface area contributed by atoms with Crippen LogP contribution in [0.25, 0.3) is 0 Å². The normalized spacial score (nSPS) is 12.2. The topological polar surface area (TPSA) is 0 Å². The van der Waals surface area contributed by atoms with E-state index >= 15 is 0 Å². The number of rotatable bonds is 9. The molecule has 0 heterocycles. The molecule has 0 N–H and O–H groups in total. The van der Waals surface area contributed by atoms with Crippen molar-refractivity contribution in [2.45, 2.75) is 78.6 Å². The molecule has 4 aromatic rings. The van der Waals surface area contributed by atoms with Crippen molar-refractivity contribution in [2.24, 2.45) is 0 Å². The van der Waals surface area contributed by atoms with E-state index in [-0.39, 0.29) is 16.6 Å². The van der Waals surface area contributed by atoms with Gasteiger partial charge in [-0.25, -0.2) is 0 Å².